The van der Waals surface area contributed by atoms with Crippen LogP contribution in [0.2, 0.25) is 0 Å². The Morgan fingerprint density at radius 2 is 1.91 bits per heavy atom. The molecule has 0 spiro atoms. The SMILES string of the molecule is CCCc1c(OCCc2[nH]c3ccc(CC(=O)O)cc3c2C)ccc2c(CC(C)(C)C)coc12. The predicted molar refractivity (Wildman–Crippen MR) is 137 cm³/mol. The number of hydrogen-bond acceptors (Lipinski definition) is 3. The van der Waals surface area contributed by atoms with E-state index in [0.29, 0.717) is 6.61 Å². The number of carbonyl (C=O) groups is 1. The van der Waals surface area contributed by atoms with Gasteiger partial charge in [0, 0.05) is 34.0 Å². The Balaban J connectivity index is 1.53. The predicted octanol–water partition coefficient (Wildman–Crippen LogP) is 7.01. The summed E-state index contributed by atoms with van der Waals surface area (Å²) in [4.78, 5) is 14.5. The number of benzene rings is 2. The lowest BCUT2D eigenvalue weighted by Crippen LogP contribution is -2.08. The molecule has 0 aliphatic rings. The zero-order chi connectivity index (χ0) is 24.5. The molecule has 180 valence electrons. The van der Waals surface area contributed by atoms with Crippen LogP contribution in [0.5, 0.6) is 5.75 Å². The summed E-state index contributed by atoms with van der Waals surface area (Å²) in [5.74, 6) is 0.0756. The van der Waals surface area contributed by atoms with Gasteiger partial charge in [0.05, 0.1) is 19.3 Å². The highest BCUT2D eigenvalue weighted by atomic mass is 16.5. The highest BCUT2D eigenvalue weighted by Crippen LogP contribution is 2.35. The summed E-state index contributed by atoms with van der Waals surface area (Å²) in [6, 6.07) is 10.0. The number of rotatable bonds is 9. The van der Waals surface area contributed by atoms with Crippen LogP contribution in [-0.4, -0.2) is 22.7 Å². The van der Waals surface area contributed by atoms with Gasteiger partial charge in [-0.05, 0) is 66.1 Å². The fourth-order valence-corrected chi connectivity index (χ4v) is 4.75. The number of fused-ring (bicyclic) bond motifs is 2. The number of aromatic nitrogens is 1. The van der Waals surface area contributed by atoms with Gasteiger partial charge in [0.25, 0.3) is 0 Å². The molecule has 0 radical (unpaired) electrons. The molecule has 0 amide bonds. The molecule has 0 saturated carbocycles. The van der Waals surface area contributed by atoms with E-state index >= 15 is 0 Å². The van der Waals surface area contributed by atoms with E-state index in [-0.39, 0.29) is 11.8 Å². The van der Waals surface area contributed by atoms with Gasteiger partial charge in [-0.3, -0.25) is 4.79 Å². The number of aliphatic carboxylic acids is 1. The maximum Gasteiger partial charge on any atom is 0.307 e. The molecule has 0 bridgehead atoms. The van der Waals surface area contributed by atoms with Crippen molar-refractivity contribution in [3.63, 3.8) is 0 Å². The summed E-state index contributed by atoms with van der Waals surface area (Å²) in [5.41, 5.74) is 7.64. The highest BCUT2D eigenvalue weighted by Gasteiger charge is 2.19. The third-order valence-electron chi connectivity index (χ3n) is 6.29. The minimum atomic E-state index is -0.817. The summed E-state index contributed by atoms with van der Waals surface area (Å²) in [6.45, 7) is 11.5. The molecule has 0 aliphatic carbocycles. The Kier molecular flexibility index (Phi) is 6.74. The Morgan fingerprint density at radius 3 is 2.62 bits per heavy atom. The zero-order valence-corrected chi connectivity index (χ0v) is 20.9. The van der Waals surface area contributed by atoms with E-state index in [1.807, 2.05) is 24.5 Å². The van der Waals surface area contributed by atoms with Crippen molar-refractivity contribution in [3.05, 3.63) is 64.5 Å². The second kappa shape index (κ2) is 9.57. The van der Waals surface area contributed by atoms with Gasteiger partial charge in [-0.25, -0.2) is 0 Å². The number of ether oxygens (including phenoxy) is 1. The number of furan rings is 1. The Morgan fingerprint density at radius 1 is 1.12 bits per heavy atom. The lowest BCUT2D eigenvalue weighted by molar-refractivity contribution is -0.136. The first-order chi connectivity index (χ1) is 16.2. The first-order valence-electron chi connectivity index (χ1n) is 12.1. The molecule has 4 rings (SSSR count). The number of aryl methyl sites for hydroxylation is 2. The summed E-state index contributed by atoms with van der Waals surface area (Å²) >= 11 is 0. The topological polar surface area (TPSA) is 75.5 Å². The molecule has 2 aromatic carbocycles. The van der Waals surface area contributed by atoms with Gasteiger partial charge in [0.2, 0.25) is 0 Å². The van der Waals surface area contributed by atoms with Crippen LogP contribution in [0, 0.1) is 12.3 Å². The van der Waals surface area contributed by atoms with Crippen LogP contribution < -0.4 is 4.74 Å². The van der Waals surface area contributed by atoms with Gasteiger partial charge in [0.1, 0.15) is 11.3 Å². The number of H-pyrrole nitrogens is 1. The summed E-state index contributed by atoms with van der Waals surface area (Å²) in [7, 11) is 0. The molecule has 5 nitrogen and oxygen atoms in total. The van der Waals surface area contributed by atoms with E-state index in [2.05, 4.69) is 51.7 Å². The lowest BCUT2D eigenvalue weighted by Gasteiger charge is -2.17. The minimum absolute atomic E-state index is 0.0337. The normalized spacial score (nSPS) is 12.0. The number of carboxylic acids is 1. The van der Waals surface area contributed by atoms with Gasteiger partial charge in [-0.2, -0.15) is 0 Å². The maximum absolute atomic E-state index is 11.1. The molecule has 4 aromatic rings. The van der Waals surface area contributed by atoms with Crippen molar-refractivity contribution < 1.29 is 19.1 Å². The van der Waals surface area contributed by atoms with Gasteiger partial charge >= 0.3 is 5.97 Å². The van der Waals surface area contributed by atoms with Crippen molar-refractivity contribution in [3.8, 4) is 5.75 Å². The van der Waals surface area contributed by atoms with Crippen molar-refractivity contribution in [2.24, 2.45) is 5.41 Å². The summed E-state index contributed by atoms with van der Waals surface area (Å²) in [5, 5.41) is 11.3. The molecule has 5 heteroatoms. The maximum atomic E-state index is 11.1. The second-order valence-corrected chi connectivity index (χ2v) is 10.4. The number of nitrogens with one attached hydrogen (secondary N) is 1. The average Bonchev–Trinajstić information content (AvgIpc) is 3.29. The molecule has 0 saturated heterocycles. The van der Waals surface area contributed by atoms with Crippen molar-refractivity contribution in [1.82, 2.24) is 4.98 Å². The van der Waals surface area contributed by atoms with Gasteiger partial charge < -0.3 is 19.2 Å². The fourth-order valence-electron chi connectivity index (χ4n) is 4.75. The molecule has 2 aromatic heterocycles. The molecule has 0 aliphatic heterocycles. The van der Waals surface area contributed by atoms with Gasteiger partial charge in [-0.1, -0.05) is 40.2 Å². The fraction of sp³-hybridized carbons (Fsp3) is 0.414. The van der Waals surface area contributed by atoms with E-state index < -0.39 is 5.97 Å². The summed E-state index contributed by atoms with van der Waals surface area (Å²) in [6.07, 6.45) is 5.58. The van der Waals surface area contributed by atoms with E-state index in [9.17, 15) is 4.79 Å². The molecule has 0 fully saturated rings. The highest BCUT2D eigenvalue weighted by molar-refractivity contribution is 5.87. The van der Waals surface area contributed by atoms with Crippen molar-refractivity contribution in [2.75, 3.05) is 6.61 Å². The van der Waals surface area contributed by atoms with Crippen LogP contribution in [-0.2, 0) is 30.5 Å². The quantitative estimate of drug-likeness (QED) is 0.281. The number of hydrogen-bond donors (Lipinski definition) is 2. The first kappa shape index (κ1) is 23.9. The van der Waals surface area contributed by atoms with Crippen LogP contribution in [0.3, 0.4) is 0 Å². The van der Waals surface area contributed by atoms with Crippen LogP contribution in [0.4, 0.5) is 0 Å². The van der Waals surface area contributed by atoms with E-state index in [4.69, 9.17) is 14.3 Å². The monoisotopic (exact) mass is 461 g/mol. The molecule has 0 atom stereocenters. The molecule has 34 heavy (non-hydrogen) atoms. The van der Waals surface area contributed by atoms with Crippen LogP contribution >= 0.6 is 0 Å². The molecule has 0 unspecified atom stereocenters. The molecular weight excluding hydrogens is 426 g/mol. The second-order valence-electron chi connectivity index (χ2n) is 10.4. The number of carboxylic acid groups (broad SMARTS) is 1. The van der Waals surface area contributed by atoms with Crippen molar-refractivity contribution >= 4 is 27.8 Å². The zero-order valence-electron chi connectivity index (χ0n) is 20.9. The average molecular weight is 462 g/mol. The standard InChI is InChI=1S/C29H35NO4/c1-6-7-22-26(11-9-21-20(16-29(3,4)5)17-34-28(21)22)33-13-12-24-18(2)23-14-19(15-27(31)32)8-10-25(23)30-24/h8-11,14,17,30H,6-7,12-13,15-16H2,1-5H3,(H,31,32). The third-order valence-corrected chi connectivity index (χ3v) is 6.29. The van der Waals surface area contributed by atoms with Crippen LogP contribution in [0.25, 0.3) is 21.9 Å². The Labute approximate surface area is 201 Å². The van der Waals surface area contributed by atoms with Crippen molar-refractivity contribution in [2.45, 2.75) is 66.7 Å². The summed E-state index contributed by atoms with van der Waals surface area (Å²) < 4.78 is 12.3. The van der Waals surface area contributed by atoms with Crippen LogP contribution in [0.1, 0.15) is 62.1 Å². The third kappa shape index (κ3) is 5.14. The number of aromatic amines is 1. The Bertz CT molecular complexity index is 1320. The largest absolute Gasteiger partial charge is 0.493 e. The van der Waals surface area contributed by atoms with Gasteiger partial charge in [0.15, 0.2) is 0 Å². The molecule has 2 heterocycles. The smallest absolute Gasteiger partial charge is 0.307 e. The van der Waals surface area contributed by atoms with E-state index in [1.165, 1.54) is 10.9 Å². The van der Waals surface area contributed by atoms with E-state index in [1.54, 1.807) is 0 Å². The molecule has 2 N–H and O–H groups in total. The van der Waals surface area contributed by atoms with Crippen LogP contribution in [0.15, 0.2) is 41.0 Å². The minimum Gasteiger partial charge on any atom is -0.493 e. The first-order valence-corrected chi connectivity index (χ1v) is 12.1. The van der Waals surface area contributed by atoms with Crippen molar-refractivity contribution in [1.29, 1.82) is 0 Å². The Hall–Kier alpha value is -3.21. The van der Waals surface area contributed by atoms with Gasteiger partial charge in [-0.15, -0.1) is 0 Å². The molecular formula is C29H35NO4. The lowest BCUT2D eigenvalue weighted by atomic mass is 9.88. The van der Waals surface area contributed by atoms with E-state index in [0.717, 1.165) is 70.3 Å².